The van der Waals surface area contributed by atoms with Crippen molar-refractivity contribution in [3.8, 4) is 0 Å². The number of rotatable bonds is 2. The van der Waals surface area contributed by atoms with Gasteiger partial charge in [0.1, 0.15) is 0 Å². The highest BCUT2D eigenvalue weighted by Gasteiger charge is 2.24. The van der Waals surface area contributed by atoms with Crippen LogP contribution in [0.2, 0.25) is 0 Å². The molecular weight excluding hydrogens is 248 g/mol. The van der Waals surface area contributed by atoms with Gasteiger partial charge in [0.15, 0.2) is 0 Å². The summed E-state index contributed by atoms with van der Waals surface area (Å²) < 4.78 is 0. The number of nitrogens with one attached hydrogen (secondary N) is 1. The second-order valence-corrected chi connectivity index (χ2v) is 6.36. The molecule has 1 aliphatic heterocycles. The van der Waals surface area contributed by atoms with Crippen LogP contribution >= 0.6 is 0 Å². The molecule has 0 aromatic heterocycles. The number of likely N-dealkylation sites (N-methyl/N-ethyl adjacent to an activating group) is 1. The Balaban J connectivity index is 1.71. The molecule has 1 N–H and O–H groups in total. The Morgan fingerprint density at radius 2 is 2.10 bits per heavy atom. The van der Waals surface area contributed by atoms with Gasteiger partial charge in [-0.25, -0.2) is 0 Å². The highest BCUT2D eigenvalue weighted by molar-refractivity contribution is 5.95. The maximum absolute atomic E-state index is 12.4. The van der Waals surface area contributed by atoms with Gasteiger partial charge in [-0.15, -0.1) is 0 Å². The highest BCUT2D eigenvalue weighted by Crippen LogP contribution is 2.28. The van der Waals surface area contributed by atoms with E-state index >= 15 is 0 Å². The van der Waals surface area contributed by atoms with Crippen LogP contribution in [0.4, 0.5) is 5.69 Å². The summed E-state index contributed by atoms with van der Waals surface area (Å²) in [6, 6.07) is 6.47. The van der Waals surface area contributed by atoms with Gasteiger partial charge in [-0.1, -0.05) is 19.8 Å². The largest absolute Gasteiger partial charge is 0.374 e. The van der Waals surface area contributed by atoms with E-state index in [4.69, 9.17) is 0 Å². The van der Waals surface area contributed by atoms with Gasteiger partial charge in [-0.05, 0) is 48.9 Å². The van der Waals surface area contributed by atoms with E-state index in [9.17, 15) is 4.79 Å². The number of benzene rings is 1. The summed E-state index contributed by atoms with van der Waals surface area (Å²) in [5, 5.41) is 3.23. The zero-order valence-electron chi connectivity index (χ0n) is 12.5. The van der Waals surface area contributed by atoms with Gasteiger partial charge in [0.2, 0.25) is 0 Å². The lowest BCUT2D eigenvalue weighted by Crippen LogP contribution is -2.41. The molecule has 3 heteroatoms. The molecule has 1 fully saturated rings. The summed E-state index contributed by atoms with van der Waals surface area (Å²) in [5.41, 5.74) is 3.39. The molecule has 2 atom stereocenters. The molecule has 2 unspecified atom stereocenters. The molecule has 0 bridgehead atoms. The van der Waals surface area contributed by atoms with Gasteiger partial charge >= 0.3 is 0 Å². The number of anilines is 1. The van der Waals surface area contributed by atoms with Crippen molar-refractivity contribution < 1.29 is 4.79 Å². The van der Waals surface area contributed by atoms with Crippen LogP contribution in [0.1, 0.15) is 48.5 Å². The van der Waals surface area contributed by atoms with E-state index in [-0.39, 0.29) is 5.91 Å². The molecule has 20 heavy (non-hydrogen) atoms. The van der Waals surface area contributed by atoms with Crippen LogP contribution in [0.3, 0.4) is 0 Å². The topological polar surface area (TPSA) is 32.3 Å². The highest BCUT2D eigenvalue weighted by atomic mass is 16.1. The Labute approximate surface area is 121 Å². The van der Waals surface area contributed by atoms with Crippen LogP contribution in [0.25, 0.3) is 0 Å². The number of hydrogen-bond acceptors (Lipinski definition) is 2. The maximum Gasteiger partial charge on any atom is 0.251 e. The first-order chi connectivity index (χ1) is 9.65. The first-order valence-electron chi connectivity index (χ1n) is 7.80. The summed E-state index contributed by atoms with van der Waals surface area (Å²) in [5.74, 6) is 0.703. The standard InChI is InChI=1S/C17H24N2O/c1-12-5-3-4-6-15(12)18-17(20)14-7-8-16-13(11-14)9-10-19(16)2/h7-8,11-12,15H,3-6,9-10H2,1-2H3,(H,18,20). The average Bonchev–Trinajstić information content (AvgIpc) is 2.82. The fourth-order valence-electron chi connectivity index (χ4n) is 3.49. The van der Waals surface area contributed by atoms with Gasteiger partial charge < -0.3 is 10.2 Å². The second kappa shape index (κ2) is 5.47. The van der Waals surface area contributed by atoms with Crippen LogP contribution in [0, 0.1) is 5.92 Å². The fourth-order valence-corrected chi connectivity index (χ4v) is 3.49. The van der Waals surface area contributed by atoms with E-state index in [1.165, 1.54) is 30.5 Å². The van der Waals surface area contributed by atoms with Crippen molar-refractivity contribution >= 4 is 11.6 Å². The Hall–Kier alpha value is -1.51. The van der Waals surface area contributed by atoms with Crippen LogP contribution in [0.5, 0.6) is 0 Å². The number of nitrogens with zero attached hydrogens (tertiary/aromatic N) is 1. The van der Waals surface area contributed by atoms with Crippen LogP contribution in [0.15, 0.2) is 18.2 Å². The summed E-state index contributed by atoms with van der Waals surface area (Å²) >= 11 is 0. The van der Waals surface area contributed by atoms with Gasteiger partial charge in [-0.3, -0.25) is 4.79 Å². The van der Waals surface area contributed by atoms with E-state index in [1.807, 2.05) is 6.07 Å². The van der Waals surface area contributed by atoms with E-state index < -0.39 is 0 Å². The first-order valence-corrected chi connectivity index (χ1v) is 7.80. The van der Waals surface area contributed by atoms with Crippen molar-refractivity contribution in [2.24, 2.45) is 5.92 Å². The predicted molar refractivity (Wildman–Crippen MR) is 82.3 cm³/mol. The van der Waals surface area contributed by atoms with Crippen molar-refractivity contribution in [2.75, 3.05) is 18.5 Å². The Bertz CT molecular complexity index is 512. The minimum atomic E-state index is 0.0982. The summed E-state index contributed by atoms with van der Waals surface area (Å²) in [6.45, 7) is 3.31. The lowest BCUT2D eigenvalue weighted by atomic mass is 9.86. The molecule has 108 valence electrons. The SMILES string of the molecule is CC1CCCCC1NC(=O)c1ccc2c(c1)CCN2C. The predicted octanol–water partition coefficient (Wildman–Crippen LogP) is 2.99. The van der Waals surface area contributed by atoms with Crippen molar-refractivity contribution in [2.45, 2.75) is 45.1 Å². The third-order valence-electron chi connectivity index (χ3n) is 4.90. The number of fused-ring (bicyclic) bond motifs is 1. The average molecular weight is 272 g/mol. The maximum atomic E-state index is 12.4. The van der Waals surface area contributed by atoms with E-state index in [1.54, 1.807) is 0 Å². The van der Waals surface area contributed by atoms with Crippen molar-refractivity contribution in [3.05, 3.63) is 29.3 Å². The zero-order valence-corrected chi connectivity index (χ0v) is 12.5. The second-order valence-electron chi connectivity index (χ2n) is 6.36. The Morgan fingerprint density at radius 3 is 2.90 bits per heavy atom. The number of hydrogen-bond donors (Lipinski definition) is 1. The lowest BCUT2D eigenvalue weighted by molar-refractivity contribution is 0.0910. The van der Waals surface area contributed by atoms with Crippen molar-refractivity contribution in [3.63, 3.8) is 0 Å². The van der Waals surface area contributed by atoms with Crippen molar-refractivity contribution in [1.82, 2.24) is 5.32 Å². The van der Waals surface area contributed by atoms with E-state index in [0.717, 1.165) is 24.9 Å². The molecule has 0 radical (unpaired) electrons. The normalized spacial score (nSPS) is 25.4. The molecule has 1 heterocycles. The Morgan fingerprint density at radius 1 is 1.30 bits per heavy atom. The first kappa shape index (κ1) is 13.5. The number of amides is 1. The smallest absolute Gasteiger partial charge is 0.251 e. The quantitative estimate of drug-likeness (QED) is 0.897. The molecule has 3 rings (SSSR count). The minimum Gasteiger partial charge on any atom is -0.374 e. The molecule has 1 saturated carbocycles. The van der Waals surface area contributed by atoms with E-state index in [0.29, 0.717) is 12.0 Å². The molecule has 1 aromatic carbocycles. The monoisotopic (exact) mass is 272 g/mol. The number of carbonyl (C=O) groups is 1. The third kappa shape index (κ3) is 2.54. The fraction of sp³-hybridized carbons (Fsp3) is 0.588. The van der Waals surface area contributed by atoms with Crippen LogP contribution in [-0.4, -0.2) is 25.5 Å². The Kier molecular flexibility index (Phi) is 3.68. The summed E-state index contributed by atoms with van der Waals surface area (Å²) in [4.78, 5) is 14.7. The van der Waals surface area contributed by atoms with Gasteiger partial charge in [0.05, 0.1) is 0 Å². The summed E-state index contributed by atoms with van der Waals surface area (Å²) in [7, 11) is 2.11. The van der Waals surface area contributed by atoms with Gasteiger partial charge in [-0.2, -0.15) is 0 Å². The van der Waals surface area contributed by atoms with Crippen LogP contribution in [-0.2, 0) is 6.42 Å². The van der Waals surface area contributed by atoms with E-state index in [2.05, 4.69) is 36.3 Å². The molecular formula is C17H24N2O. The molecule has 3 nitrogen and oxygen atoms in total. The third-order valence-corrected chi connectivity index (χ3v) is 4.90. The zero-order chi connectivity index (χ0) is 14.1. The molecule has 0 spiro atoms. The minimum absolute atomic E-state index is 0.0982. The lowest BCUT2D eigenvalue weighted by Gasteiger charge is -2.29. The molecule has 0 saturated heterocycles. The number of carbonyl (C=O) groups excluding carboxylic acids is 1. The van der Waals surface area contributed by atoms with Gasteiger partial charge in [0.25, 0.3) is 5.91 Å². The molecule has 1 aromatic rings. The van der Waals surface area contributed by atoms with Crippen molar-refractivity contribution in [1.29, 1.82) is 0 Å². The van der Waals surface area contributed by atoms with Crippen LogP contribution < -0.4 is 10.2 Å². The molecule has 2 aliphatic rings. The van der Waals surface area contributed by atoms with Gasteiger partial charge in [0, 0.05) is 30.9 Å². The summed E-state index contributed by atoms with van der Waals surface area (Å²) in [6.07, 6.45) is 5.95. The molecule has 1 amide bonds. The molecule has 1 aliphatic carbocycles.